The van der Waals surface area contributed by atoms with Crippen molar-refractivity contribution in [3.05, 3.63) is 59.9 Å². The number of benzene rings is 2. The quantitative estimate of drug-likeness (QED) is 0.834. The summed E-state index contributed by atoms with van der Waals surface area (Å²) in [4.78, 5) is 2.18. The van der Waals surface area contributed by atoms with E-state index in [1.165, 1.54) is 17.7 Å². The van der Waals surface area contributed by atoms with Gasteiger partial charge in [-0.2, -0.15) is 0 Å². The molecule has 3 rings (SSSR count). The minimum Gasteiger partial charge on any atom is -0.397 e. The van der Waals surface area contributed by atoms with Gasteiger partial charge in [0.1, 0.15) is 5.82 Å². The molecule has 1 fully saturated rings. The molecular formula is C16H17FN2. The first kappa shape index (κ1) is 12.0. The van der Waals surface area contributed by atoms with Crippen molar-refractivity contribution in [2.24, 2.45) is 0 Å². The van der Waals surface area contributed by atoms with Gasteiger partial charge in [-0.3, -0.25) is 0 Å². The van der Waals surface area contributed by atoms with Crippen LogP contribution >= 0.6 is 0 Å². The highest BCUT2D eigenvalue weighted by molar-refractivity contribution is 5.68. The van der Waals surface area contributed by atoms with E-state index in [0.717, 1.165) is 25.2 Å². The zero-order chi connectivity index (χ0) is 13.2. The fourth-order valence-electron chi connectivity index (χ4n) is 2.77. The van der Waals surface area contributed by atoms with Gasteiger partial charge in [-0.15, -0.1) is 0 Å². The summed E-state index contributed by atoms with van der Waals surface area (Å²) < 4.78 is 13.3. The van der Waals surface area contributed by atoms with Gasteiger partial charge in [-0.25, -0.2) is 4.39 Å². The Kier molecular flexibility index (Phi) is 3.11. The summed E-state index contributed by atoms with van der Waals surface area (Å²) in [6.07, 6.45) is 1.08. The molecule has 1 unspecified atom stereocenters. The smallest absolute Gasteiger partial charge is 0.125 e. The standard InChI is InChI=1S/C16H17FN2/c17-14-6-7-15(18)16(10-14)19-9-8-13(11-19)12-4-2-1-3-5-12/h1-7,10,13H,8-9,11,18H2. The maximum absolute atomic E-state index is 13.3. The van der Waals surface area contributed by atoms with Crippen LogP contribution in [0.2, 0.25) is 0 Å². The average Bonchev–Trinajstić information content (AvgIpc) is 2.92. The monoisotopic (exact) mass is 256 g/mol. The Balaban J connectivity index is 1.81. The molecule has 1 atom stereocenters. The summed E-state index contributed by atoms with van der Waals surface area (Å²) in [6.45, 7) is 1.82. The van der Waals surface area contributed by atoms with E-state index in [1.807, 2.05) is 6.07 Å². The Morgan fingerprint density at radius 2 is 1.89 bits per heavy atom. The number of halogens is 1. The molecule has 98 valence electrons. The molecule has 1 saturated heterocycles. The summed E-state index contributed by atoms with van der Waals surface area (Å²) >= 11 is 0. The van der Waals surface area contributed by atoms with E-state index in [1.54, 1.807) is 6.07 Å². The molecule has 2 aromatic carbocycles. The van der Waals surface area contributed by atoms with Crippen molar-refractivity contribution < 1.29 is 4.39 Å². The van der Waals surface area contributed by atoms with E-state index >= 15 is 0 Å². The first-order valence-corrected chi connectivity index (χ1v) is 6.59. The molecular weight excluding hydrogens is 239 g/mol. The van der Waals surface area contributed by atoms with Gasteiger partial charge in [0.05, 0.1) is 11.4 Å². The van der Waals surface area contributed by atoms with Crippen LogP contribution in [-0.4, -0.2) is 13.1 Å². The second-order valence-electron chi connectivity index (χ2n) is 5.05. The van der Waals surface area contributed by atoms with E-state index in [-0.39, 0.29) is 5.82 Å². The molecule has 0 bridgehead atoms. The normalized spacial score (nSPS) is 18.8. The lowest BCUT2D eigenvalue weighted by atomic mass is 9.99. The fourth-order valence-corrected chi connectivity index (χ4v) is 2.77. The molecule has 1 aliphatic rings. The third-order valence-corrected chi connectivity index (χ3v) is 3.79. The molecule has 0 spiro atoms. The van der Waals surface area contributed by atoms with E-state index in [4.69, 9.17) is 5.73 Å². The minimum absolute atomic E-state index is 0.229. The zero-order valence-electron chi connectivity index (χ0n) is 10.7. The van der Waals surface area contributed by atoms with Gasteiger partial charge < -0.3 is 10.6 Å². The Morgan fingerprint density at radius 1 is 1.11 bits per heavy atom. The van der Waals surface area contributed by atoms with Crippen LogP contribution in [-0.2, 0) is 0 Å². The Labute approximate surface area is 112 Å². The van der Waals surface area contributed by atoms with Gasteiger partial charge in [0.25, 0.3) is 0 Å². The van der Waals surface area contributed by atoms with Crippen LogP contribution in [0.3, 0.4) is 0 Å². The van der Waals surface area contributed by atoms with E-state index < -0.39 is 0 Å². The van der Waals surface area contributed by atoms with E-state index in [0.29, 0.717) is 11.6 Å². The number of nitrogens with zero attached hydrogens (tertiary/aromatic N) is 1. The van der Waals surface area contributed by atoms with E-state index in [2.05, 4.69) is 29.2 Å². The minimum atomic E-state index is -0.229. The number of anilines is 2. The molecule has 1 heterocycles. The van der Waals surface area contributed by atoms with Crippen LogP contribution in [0, 0.1) is 5.82 Å². The van der Waals surface area contributed by atoms with Crippen molar-refractivity contribution in [3.8, 4) is 0 Å². The van der Waals surface area contributed by atoms with Crippen LogP contribution in [0.25, 0.3) is 0 Å². The third-order valence-electron chi connectivity index (χ3n) is 3.79. The molecule has 2 aromatic rings. The molecule has 0 aliphatic carbocycles. The lowest BCUT2D eigenvalue weighted by Gasteiger charge is -2.20. The zero-order valence-corrected chi connectivity index (χ0v) is 10.7. The lowest BCUT2D eigenvalue weighted by molar-refractivity contribution is 0.627. The van der Waals surface area contributed by atoms with Crippen molar-refractivity contribution in [1.82, 2.24) is 0 Å². The van der Waals surface area contributed by atoms with Gasteiger partial charge in [0, 0.05) is 19.0 Å². The maximum Gasteiger partial charge on any atom is 0.125 e. The molecule has 0 radical (unpaired) electrons. The number of hydrogen-bond acceptors (Lipinski definition) is 2. The Bertz CT molecular complexity index is 568. The number of nitrogens with two attached hydrogens (primary N) is 1. The third kappa shape index (κ3) is 2.41. The SMILES string of the molecule is Nc1ccc(F)cc1N1CCC(c2ccccc2)C1. The fraction of sp³-hybridized carbons (Fsp3) is 0.250. The van der Waals surface area contributed by atoms with Crippen molar-refractivity contribution in [3.63, 3.8) is 0 Å². The Morgan fingerprint density at radius 3 is 2.68 bits per heavy atom. The highest BCUT2D eigenvalue weighted by Gasteiger charge is 2.25. The van der Waals surface area contributed by atoms with Crippen LogP contribution in [0.1, 0.15) is 17.9 Å². The summed E-state index contributed by atoms with van der Waals surface area (Å²) in [5.41, 5.74) is 8.76. The second-order valence-corrected chi connectivity index (χ2v) is 5.05. The Hall–Kier alpha value is -2.03. The molecule has 2 nitrogen and oxygen atoms in total. The summed E-state index contributed by atoms with van der Waals surface area (Å²) in [7, 11) is 0. The first-order chi connectivity index (χ1) is 9.24. The molecule has 0 aromatic heterocycles. The second kappa shape index (κ2) is 4.92. The summed E-state index contributed by atoms with van der Waals surface area (Å²) in [5.74, 6) is 0.274. The molecule has 19 heavy (non-hydrogen) atoms. The largest absolute Gasteiger partial charge is 0.397 e. The molecule has 0 amide bonds. The lowest BCUT2D eigenvalue weighted by Crippen LogP contribution is -2.20. The van der Waals surface area contributed by atoms with Gasteiger partial charge in [-0.1, -0.05) is 30.3 Å². The van der Waals surface area contributed by atoms with Crippen molar-refractivity contribution >= 4 is 11.4 Å². The maximum atomic E-state index is 13.3. The molecule has 0 saturated carbocycles. The van der Waals surface area contributed by atoms with Crippen LogP contribution in [0.15, 0.2) is 48.5 Å². The number of hydrogen-bond donors (Lipinski definition) is 1. The highest BCUT2D eigenvalue weighted by atomic mass is 19.1. The highest BCUT2D eigenvalue weighted by Crippen LogP contribution is 2.33. The predicted octanol–water partition coefficient (Wildman–Crippen LogP) is 3.40. The molecule has 1 aliphatic heterocycles. The van der Waals surface area contributed by atoms with Crippen molar-refractivity contribution in [1.29, 1.82) is 0 Å². The first-order valence-electron chi connectivity index (χ1n) is 6.59. The van der Waals surface area contributed by atoms with Crippen LogP contribution in [0.5, 0.6) is 0 Å². The van der Waals surface area contributed by atoms with Gasteiger partial charge in [0.15, 0.2) is 0 Å². The van der Waals surface area contributed by atoms with Gasteiger partial charge in [0.2, 0.25) is 0 Å². The van der Waals surface area contributed by atoms with Crippen LogP contribution < -0.4 is 10.6 Å². The van der Waals surface area contributed by atoms with Gasteiger partial charge >= 0.3 is 0 Å². The molecule has 2 N–H and O–H groups in total. The number of rotatable bonds is 2. The van der Waals surface area contributed by atoms with Crippen molar-refractivity contribution in [2.45, 2.75) is 12.3 Å². The topological polar surface area (TPSA) is 29.3 Å². The summed E-state index contributed by atoms with van der Waals surface area (Å²) in [5, 5.41) is 0. The average molecular weight is 256 g/mol. The van der Waals surface area contributed by atoms with Crippen molar-refractivity contribution in [2.75, 3.05) is 23.7 Å². The predicted molar refractivity (Wildman–Crippen MR) is 76.8 cm³/mol. The number of nitrogen functional groups attached to an aromatic ring is 1. The summed E-state index contributed by atoms with van der Waals surface area (Å²) in [6, 6.07) is 15.0. The van der Waals surface area contributed by atoms with E-state index in [9.17, 15) is 4.39 Å². The van der Waals surface area contributed by atoms with Gasteiger partial charge in [-0.05, 0) is 30.2 Å². The van der Waals surface area contributed by atoms with Crippen LogP contribution in [0.4, 0.5) is 15.8 Å². The molecule has 3 heteroatoms.